The Morgan fingerprint density at radius 2 is 2.14 bits per heavy atom. The fourth-order valence-electron chi connectivity index (χ4n) is 1.29. The normalized spacial score (nSPS) is 22.3. The molecular weight excluding hydrogens is 186 g/mol. The smallest absolute Gasteiger partial charge is 0.354 e. The molecule has 3 N–H and O–H groups in total. The quantitative estimate of drug-likeness (QED) is 0.493. The van der Waals surface area contributed by atoms with Crippen molar-refractivity contribution in [3.63, 3.8) is 0 Å². The van der Waals surface area contributed by atoms with Crippen molar-refractivity contribution >= 4 is 11.7 Å². The second kappa shape index (κ2) is 2.63. The molecule has 0 spiro atoms. The van der Waals surface area contributed by atoms with Gasteiger partial charge in [-0.15, -0.1) is 0 Å². The summed E-state index contributed by atoms with van der Waals surface area (Å²) in [5, 5.41) is 27.1. The number of hydrogen-bond acceptors (Lipinski definition) is 4. The number of nitrogens with zero attached hydrogens (tertiary/aromatic N) is 1. The van der Waals surface area contributed by atoms with Crippen LogP contribution in [0.1, 0.15) is 0 Å². The zero-order chi connectivity index (χ0) is 10.3. The summed E-state index contributed by atoms with van der Waals surface area (Å²) in [4.78, 5) is 14.3. The van der Waals surface area contributed by atoms with Crippen LogP contribution in [-0.4, -0.2) is 32.8 Å². The van der Waals surface area contributed by atoms with Crippen molar-refractivity contribution in [2.45, 2.75) is 5.79 Å². The third kappa shape index (κ3) is 1.39. The molecule has 14 heavy (non-hydrogen) atoms. The number of carboxylic acids is 1. The minimum Gasteiger partial charge on any atom is -0.477 e. The lowest BCUT2D eigenvalue weighted by Gasteiger charge is -2.16. The molecule has 0 aromatic heterocycles. The largest absolute Gasteiger partial charge is 0.477 e. The lowest BCUT2D eigenvalue weighted by Crippen LogP contribution is -2.25. The van der Waals surface area contributed by atoms with Crippen LogP contribution in [-0.2, 0) is 4.79 Å². The maximum Gasteiger partial charge on any atom is 0.354 e. The first-order chi connectivity index (χ1) is 6.48. The highest BCUT2D eigenvalue weighted by molar-refractivity contribution is 6.16. The van der Waals surface area contributed by atoms with Gasteiger partial charge in [0.05, 0.1) is 5.71 Å². The van der Waals surface area contributed by atoms with E-state index in [1.165, 1.54) is 12.2 Å². The highest BCUT2D eigenvalue weighted by Crippen LogP contribution is 2.24. The van der Waals surface area contributed by atoms with Gasteiger partial charge in [-0.3, -0.25) is 0 Å². The molecule has 1 heterocycles. The molecule has 0 saturated carbocycles. The molecule has 2 aliphatic rings. The Kier molecular flexibility index (Phi) is 1.67. The second-order valence-corrected chi connectivity index (χ2v) is 3.05. The first kappa shape index (κ1) is 8.86. The number of aliphatic hydroxyl groups is 2. The number of rotatable bonds is 1. The van der Waals surface area contributed by atoms with Crippen molar-refractivity contribution in [2.24, 2.45) is 4.99 Å². The summed E-state index contributed by atoms with van der Waals surface area (Å²) in [6.07, 6.45) is 4.94. The maximum absolute atomic E-state index is 10.6. The van der Waals surface area contributed by atoms with E-state index in [1.807, 2.05) is 0 Å². The van der Waals surface area contributed by atoms with Gasteiger partial charge in [0.25, 0.3) is 0 Å². The van der Waals surface area contributed by atoms with Gasteiger partial charge in [-0.1, -0.05) is 0 Å². The zero-order valence-corrected chi connectivity index (χ0v) is 7.01. The van der Waals surface area contributed by atoms with Crippen molar-refractivity contribution in [1.29, 1.82) is 0 Å². The summed E-state index contributed by atoms with van der Waals surface area (Å²) in [6.45, 7) is 0. The van der Waals surface area contributed by atoms with Gasteiger partial charge in [0.1, 0.15) is 5.70 Å². The molecule has 0 fully saturated rings. The average molecular weight is 193 g/mol. The Morgan fingerprint density at radius 1 is 1.43 bits per heavy atom. The molecule has 1 aliphatic carbocycles. The molecular formula is C9H7NO4. The van der Waals surface area contributed by atoms with Crippen molar-refractivity contribution in [2.75, 3.05) is 0 Å². The molecule has 5 heteroatoms. The number of hydrogen-bond donors (Lipinski definition) is 3. The summed E-state index contributed by atoms with van der Waals surface area (Å²) < 4.78 is 0. The van der Waals surface area contributed by atoms with Gasteiger partial charge in [0, 0.05) is 5.57 Å². The summed E-state index contributed by atoms with van der Waals surface area (Å²) >= 11 is 0. The van der Waals surface area contributed by atoms with Crippen molar-refractivity contribution in [1.82, 2.24) is 0 Å². The Balaban J connectivity index is 2.43. The molecule has 0 aromatic rings. The Bertz CT molecular complexity index is 426. The van der Waals surface area contributed by atoms with Crippen molar-refractivity contribution in [3.8, 4) is 0 Å². The lowest BCUT2D eigenvalue weighted by molar-refractivity contribution is -0.132. The van der Waals surface area contributed by atoms with Gasteiger partial charge in [0.15, 0.2) is 0 Å². The van der Waals surface area contributed by atoms with Crippen molar-refractivity contribution in [3.05, 3.63) is 35.6 Å². The van der Waals surface area contributed by atoms with Crippen LogP contribution in [0.25, 0.3) is 0 Å². The topological polar surface area (TPSA) is 90.1 Å². The number of allylic oxidation sites excluding steroid dienone is 3. The van der Waals surface area contributed by atoms with Crippen LogP contribution in [0.4, 0.5) is 0 Å². The number of aliphatic carboxylic acids is 1. The fraction of sp³-hybridized carbons (Fsp3) is 0.111. The molecule has 0 unspecified atom stereocenters. The van der Waals surface area contributed by atoms with E-state index in [-0.39, 0.29) is 5.70 Å². The molecule has 2 rings (SSSR count). The van der Waals surface area contributed by atoms with Crippen LogP contribution in [0.5, 0.6) is 0 Å². The van der Waals surface area contributed by atoms with E-state index < -0.39 is 11.8 Å². The maximum atomic E-state index is 10.6. The Morgan fingerprint density at radius 3 is 2.79 bits per heavy atom. The van der Waals surface area contributed by atoms with Gasteiger partial charge in [-0.05, 0) is 24.3 Å². The van der Waals surface area contributed by atoms with E-state index in [4.69, 9.17) is 5.11 Å². The molecule has 5 nitrogen and oxygen atoms in total. The second-order valence-electron chi connectivity index (χ2n) is 3.05. The first-order valence-electron chi connectivity index (χ1n) is 3.89. The Hall–Kier alpha value is -1.72. The minimum absolute atomic E-state index is 0.103. The molecule has 0 saturated heterocycles. The minimum atomic E-state index is -2.02. The molecule has 0 amide bonds. The van der Waals surface area contributed by atoms with E-state index in [1.54, 1.807) is 0 Å². The third-order valence-corrected chi connectivity index (χ3v) is 1.90. The summed E-state index contributed by atoms with van der Waals surface area (Å²) in [6, 6.07) is 0. The predicted octanol–water partition coefficient (Wildman–Crippen LogP) is -0.413. The standard InChI is InChI=1S/C9H7NO4/c11-8(12)7-3-5-4-9(13,14)2-1-6(5)10-7/h1-4,13-14H,(H,11,12). The van der Waals surface area contributed by atoms with E-state index in [0.29, 0.717) is 11.3 Å². The monoisotopic (exact) mass is 193 g/mol. The lowest BCUT2D eigenvalue weighted by atomic mass is 10.0. The summed E-state index contributed by atoms with van der Waals surface area (Å²) in [7, 11) is 0. The van der Waals surface area contributed by atoms with E-state index in [0.717, 1.165) is 12.2 Å². The molecule has 0 aromatic carbocycles. The summed E-state index contributed by atoms with van der Waals surface area (Å²) in [5.74, 6) is -3.15. The molecule has 0 atom stereocenters. The van der Waals surface area contributed by atoms with Gasteiger partial charge >= 0.3 is 5.97 Å². The highest BCUT2D eigenvalue weighted by atomic mass is 16.5. The fourth-order valence-corrected chi connectivity index (χ4v) is 1.29. The zero-order valence-electron chi connectivity index (χ0n) is 7.01. The van der Waals surface area contributed by atoms with E-state index in [9.17, 15) is 15.0 Å². The van der Waals surface area contributed by atoms with Gasteiger partial charge < -0.3 is 15.3 Å². The van der Waals surface area contributed by atoms with Gasteiger partial charge in [-0.2, -0.15) is 0 Å². The van der Waals surface area contributed by atoms with Crippen LogP contribution in [0.15, 0.2) is 40.6 Å². The molecule has 0 radical (unpaired) electrons. The molecule has 72 valence electrons. The number of carbonyl (C=O) groups is 1. The van der Waals surface area contributed by atoms with Crippen LogP contribution < -0.4 is 0 Å². The van der Waals surface area contributed by atoms with Crippen LogP contribution in [0.2, 0.25) is 0 Å². The van der Waals surface area contributed by atoms with Crippen LogP contribution in [0.3, 0.4) is 0 Å². The van der Waals surface area contributed by atoms with E-state index >= 15 is 0 Å². The SMILES string of the molecule is O=C(O)C1=CC2=CC(O)(O)C=CC2=N1. The Labute approximate surface area is 79.0 Å². The van der Waals surface area contributed by atoms with Crippen molar-refractivity contribution < 1.29 is 20.1 Å². The number of aliphatic imine (C=N–C) groups is 1. The van der Waals surface area contributed by atoms with E-state index in [2.05, 4.69) is 4.99 Å². The third-order valence-electron chi connectivity index (χ3n) is 1.90. The molecule has 0 bridgehead atoms. The van der Waals surface area contributed by atoms with Gasteiger partial charge in [-0.25, -0.2) is 9.79 Å². The number of carboxylic acid groups (broad SMARTS) is 1. The summed E-state index contributed by atoms with van der Waals surface area (Å²) in [5.41, 5.74) is 0.740. The number of fused-ring (bicyclic) bond motifs is 1. The predicted molar refractivity (Wildman–Crippen MR) is 47.5 cm³/mol. The highest BCUT2D eigenvalue weighted by Gasteiger charge is 2.26. The van der Waals surface area contributed by atoms with Gasteiger partial charge in [0.2, 0.25) is 5.79 Å². The average Bonchev–Trinajstić information content (AvgIpc) is 2.45. The molecule has 1 aliphatic heterocycles. The van der Waals surface area contributed by atoms with Crippen LogP contribution >= 0.6 is 0 Å². The van der Waals surface area contributed by atoms with Crippen LogP contribution in [0, 0.1) is 0 Å². The first-order valence-corrected chi connectivity index (χ1v) is 3.89.